The molecule has 0 saturated heterocycles. The van der Waals surface area contributed by atoms with E-state index in [9.17, 15) is 0 Å². The number of aromatic nitrogens is 1. The van der Waals surface area contributed by atoms with E-state index in [2.05, 4.69) is 9.98 Å². The van der Waals surface area contributed by atoms with E-state index >= 15 is 0 Å². The molecule has 2 aromatic heterocycles. The Hall–Kier alpha value is -2.17. The predicted octanol–water partition coefficient (Wildman–Crippen LogP) is 5.45. The van der Waals surface area contributed by atoms with Gasteiger partial charge in [-0.15, -0.1) is 0 Å². The number of rotatable bonds is 2. The summed E-state index contributed by atoms with van der Waals surface area (Å²) in [5.74, 6) is 0.716. The lowest BCUT2D eigenvalue weighted by atomic mass is 10.2. The van der Waals surface area contributed by atoms with Crippen molar-refractivity contribution in [2.24, 2.45) is 4.99 Å². The topological polar surface area (TPSA) is 38.4 Å². The Morgan fingerprint density at radius 2 is 2.05 bits per heavy atom. The van der Waals surface area contributed by atoms with Gasteiger partial charge >= 0.3 is 0 Å². The molecule has 0 saturated carbocycles. The highest BCUT2D eigenvalue weighted by atomic mass is 35.5. The Balaban J connectivity index is 1.69. The fraction of sp³-hybridized carbons (Fsp3) is 0. The van der Waals surface area contributed by atoms with E-state index in [0.717, 1.165) is 21.2 Å². The first kappa shape index (κ1) is 12.6. The molecule has 102 valence electrons. The van der Waals surface area contributed by atoms with Crippen LogP contribution < -0.4 is 0 Å². The van der Waals surface area contributed by atoms with Crippen LogP contribution in [0.2, 0.25) is 5.02 Å². The number of thiazole rings is 1. The monoisotopic (exact) mass is 312 g/mol. The molecular weight excluding hydrogens is 304 g/mol. The third-order valence-corrected chi connectivity index (χ3v) is 4.25. The van der Waals surface area contributed by atoms with Crippen LogP contribution in [-0.4, -0.2) is 11.2 Å². The number of fused-ring (bicyclic) bond motifs is 2. The highest BCUT2D eigenvalue weighted by Crippen LogP contribution is 2.30. The van der Waals surface area contributed by atoms with Crippen molar-refractivity contribution < 1.29 is 4.42 Å². The number of hydrogen-bond donors (Lipinski definition) is 0. The van der Waals surface area contributed by atoms with Gasteiger partial charge in [-0.2, -0.15) is 0 Å². The Labute approximate surface area is 129 Å². The molecular formula is C16H9ClN2OS. The number of benzene rings is 2. The lowest BCUT2D eigenvalue weighted by Crippen LogP contribution is -1.72. The SMILES string of the molecule is Clc1ccc2nc(/N=C/c3cc4ccccc4o3)sc2c1. The highest BCUT2D eigenvalue weighted by Gasteiger charge is 2.04. The van der Waals surface area contributed by atoms with Gasteiger partial charge < -0.3 is 4.42 Å². The van der Waals surface area contributed by atoms with Crippen LogP contribution in [0.4, 0.5) is 5.13 Å². The second kappa shape index (κ2) is 4.98. The van der Waals surface area contributed by atoms with Crippen molar-refractivity contribution in [3.63, 3.8) is 0 Å². The van der Waals surface area contributed by atoms with Gasteiger partial charge in [-0.05, 0) is 30.3 Å². The quantitative estimate of drug-likeness (QED) is 0.462. The summed E-state index contributed by atoms with van der Waals surface area (Å²) < 4.78 is 6.72. The first-order chi connectivity index (χ1) is 10.3. The first-order valence-corrected chi connectivity index (χ1v) is 7.56. The summed E-state index contributed by atoms with van der Waals surface area (Å²) in [5.41, 5.74) is 1.76. The van der Waals surface area contributed by atoms with Crippen molar-refractivity contribution in [3.8, 4) is 0 Å². The van der Waals surface area contributed by atoms with Gasteiger partial charge in [0.15, 0.2) is 0 Å². The normalized spacial score (nSPS) is 11.9. The molecule has 21 heavy (non-hydrogen) atoms. The van der Waals surface area contributed by atoms with Gasteiger partial charge in [0, 0.05) is 10.4 Å². The van der Waals surface area contributed by atoms with Gasteiger partial charge in [0.1, 0.15) is 11.3 Å². The van der Waals surface area contributed by atoms with Crippen LogP contribution in [0.25, 0.3) is 21.2 Å². The van der Waals surface area contributed by atoms with Crippen molar-refractivity contribution >= 4 is 55.5 Å². The van der Waals surface area contributed by atoms with Crippen LogP contribution in [0, 0.1) is 0 Å². The van der Waals surface area contributed by atoms with E-state index in [1.807, 2.05) is 48.5 Å². The molecule has 0 amide bonds. The minimum atomic E-state index is 0.688. The minimum Gasteiger partial charge on any atom is -0.455 e. The lowest BCUT2D eigenvalue weighted by Gasteiger charge is -1.86. The van der Waals surface area contributed by atoms with Crippen LogP contribution in [-0.2, 0) is 0 Å². The third kappa shape index (κ3) is 2.44. The molecule has 0 aliphatic rings. The summed E-state index contributed by atoms with van der Waals surface area (Å²) in [4.78, 5) is 8.83. The van der Waals surface area contributed by atoms with Gasteiger partial charge in [-0.3, -0.25) is 0 Å². The third-order valence-electron chi connectivity index (χ3n) is 3.09. The van der Waals surface area contributed by atoms with Gasteiger partial charge in [-0.25, -0.2) is 9.98 Å². The molecule has 0 unspecified atom stereocenters. The first-order valence-electron chi connectivity index (χ1n) is 6.37. The highest BCUT2D eigenvalue weighted by molar-refractivity contribution is 7.22. The maximum absolute atomic E-state index is 5.97. The van der Waals surface area contributed by atoms with Gasteiger partial charge in [0.05, 0.1) is 16.4 Å². The molecule has 0 spiro atoms. The van der Waals surface area contributed by atoms with E-state index in [4.69, 9.17) is 16.0 Å². The molecule has 4 rings (SSSR count). The molecule has 0 aliphatic carbocycles. The summed E-state index contributed by atoms with van der Waals surface area (Å²) in [6.07, 6.45) is 1.69. The average molecular weight is 313 g/mol. The Bertz CT molecular complexity index is 938. The molecule has 0 fully saturated rings. The molecule has 0 bridgehead atoms. The van der Waals surface area contributed by atoms with Crippen molar-refractivity contribution in [3.05, 3.63) is 59.3 Å². The standard InChI is InChI=1S/C16H9ClN2OS/c17-11-5-6-13-15(8-11)21-16(19-13)18-9-12-7-10-3-1-2-4-14(10)20-12/h1-9H/b18-9+. The van der Waals surface area contributed by atoms with Crippen LogP contribution in [0.1, 0.15) is 5.76 Å². The largest absolute Gasteiger partial charge is 0.455 e. The second-order valence-electron chi connectivity index (χ2n) is 4.55. The molecule has 3 nitrogen and oxygen atoms in total. The van der Waals surface area contributed by atoms with E-state index in [1.165, 1.54) is 11.3 Å². The van der Waals surface area contributed by atoms with Crippen LogP contribution in [0.15, 0.2) is 57.9 Å². The van der Waals surface area contributed by atoms with Crippen molar-refractivity contribution in [2.45, 2.75) is 0 Å². The number of aliphatic imine (C=N–C) groups is 1. The predicted molar refractivity (Wildman–Crippen MR) is 88.1 cm³/mol. The van der Waals surface area contributed by atoms with Crippen molar-refractivity contribution in [1.29, 1.82) is 0 Å². The lowest BCUT2D eigenvalue weighted by molar-refractivity contribution is 0.608. The molecule has 2 aromatic carbocycles. The van der Waals surface area contributed by atoms with Gasteiger partial charge in [0.2, 0.25) is 5.13 Å². The molecule has 0 atom stereocenters. The maximum atomic E-state index is 5.97. The fourth-order valence-electron chi connectivity index (χ4n) is 2.13. The van der Waals surface area contributed by atoms with E-state index < -0.39 is 0 Å². The summed E-state index contributed by atoms with van der Waals surface area (Å²) >= 11 is 7.47. The summed E-state index contributed by atoms with van der Waals surface area (Å²) in [6.45, 7) is 0. The second-order valence-corrected chi connectivity index (χ2v) is 6.00. The fourth-order valence-corrected chi connectivity index (χ4v) is 3.21. The zero-order chi connectivity index (χ0) is 14.2. The molecule has 4 aromatic rings. The summed E-state index contributed by atoms with van der Waals surface area (Å²) in [6, 6.07) is 15.5. The number of hydrogen-bond acceptors (Lipinski definition) is 4. The van der Waals surface area contributed by atoms with Crippen molar-refractivity contribution in [1.82, 2.24) is 4.98 Å². The van der Waals surface area contributed by atoms with Gasteiger partial charge in [-0.1, -0.05) is 41.1 Å². The molecule has 0 aliphatic heterocycles. The van der Waals surface area contributed by atoms with E-state index in [-0.39, 0.29) is 0 Å². The number of para-hydroxylation sites is 1. The Morgan fingerprint density at radius 1 is 1.14 bits per heavy atom. The van der Waals surface area contributed by atoms with Crippen LogP contribution >= 0.6 is 22.9 Å². The summed E-state index contributed by atoms with van der Waals surface area (Å²) in [5, 5.41) is 2.46. The minimum absolute atomic E-state index is 0.688. The number of halogens is 1. The van der Waals surface area contributed by atoms with E-state index in [0.29, 0.717) is 15.9 Å². The van der Waals surface area contributed by atoms with Gasteiger partial charge in [0.25, 0.3) is 0 Å². The zero-order valence-corrected chi connectivity index (χ0v) is 12.4. The van der Waals surface area contributed by atoms with Crippen molar-refractivity contribution in [2.75, 3.05) is 0 Å². The average Bonchev–Trinajstić information content (AvgIpc) is 3.07. The molecule has 0 radical (unpaired) electrons. The van der Waals surface area contributed by atoms with E-state index in [1.54, 1.807) is 6.21 Å². The Kier molecular flexibility index (Phi) is 2.98. The number of nitrogens with zero attached hydrogens (tertiary/aromatic N) is 2. The maximum Gasteiger partial charge on any atom is 0.210 e. The summed E-state index contributed by atoms with van der Waals surface area (Å²) in [7, 11) is 0. The Morgan fingerprint density at radius 3 is 2.95 bits per heavy atom. The van der Waals surface area contributed by atoms with Crippen LogP contribution in [0.5, 0.6) is 0 Å². The van der Waals surface area contributed by atoms with Crippen LogP contribution in [0.3, 0.4) is 0 Å². The molecule has 2 heterocycles. The molecule has 0 N–H and O–H groups in total. The zero-order valence-electron chi connectivity index (χ0n) is 10.8. The molecule has 5 heteroatoms. The smallest absolute Gasteiger partial charge is 0.210 e. The number of furan rings is 1.